The molecule has 5 rings (SSSR count). The average molecular weight is 402 g/mol. The standard InChI is InChI=1S/C25H27N3O2/c1-26(2)16-24(30)27-13-17-11-21(15-27)25-22(9-10-23(29)28(25)14-17)20-8-7-18-5-3-4-6-19(18)12-20/h3-10,12,17,21H,11,13-16H2,1-2H3. The van der Waals surface area contributed by atoms with Crippen LogP contribution in [-0.2, 0) is 11.3 Å². The molecule has 3 heterocycles. The van der Waals surface area contributed by atoms with Crippen LogP contribution in [-0.4, -0.2) is 54.0 Å². The van der Waals surface area contributed by atoms with Gasteiger partial charge in [-0.2, -0.15) is 0 Å². The van der Waals surface area contributed by atoms with Crippen LogP contribution in [0.4, 0.5) is 0 Å². The first-order chi connectivity index (χ1) is 14.5. The maximum absolute atomic E-state index is 12.7. The van der Waals surface area contributed by atoms with Gasteiger partial charge in [0.15, 0.2) is 0 Å². The Morgan fingerprint density at radius 2 is 1.80 bits per heavy atom. The monoisotopic (exact) mass is 401 g/mol. The predicted octanol–water partition coefficient (Wildman–Crippen LogP) is 3.18. The molecule has 0 saturated carbocycles. The molecule has 0 N–H and O–H groups in total. The smallest absolute Gasteiger partial charge is 0.250 e. The molecular weight excluding hydrogens is 374 g/mol. The summed E-state index contributed by atoms with van der Waals surface area (Å²) in [7, 11) is 3.85. The third-order valence-electron chi connectivity index (χ3n) is 6.45. The van der Waals surface area contributed by atoms with E-state index >= 15 is 0 Å². The summed E-state index contributed by atoms with van der Waals surface area (Å²) in [6.45, 7) is 2.55. The van der Waals surface area contributed by atoms with Crippen molar-refractivity contribution in [1.82, 2.24) is 14.4 Å². The SMILES string of the molecule is CN(C)CC(=O)N1CC2CC(C1)c1c(-c3ccc4ccccc4c3)ccc(=O)n1C2. The maximum atomic E-state index is 12.7. The molecule has 154 valence electrons. The molecule has 2 aromatic carbocycles. The average Bonchev–Trinajstić information content (AvgIpc) is 2.73. The largest absolute Gasteiger partial charge is 0.341 e. The van der Waals surface area contributed by atoms with Crippen LogP contribution in [0.1, 0.15) is 18.0 Å². The zero-order chi connectivity index (χ0) is 20.8. The number of carbonyl (C=O) groups excluding carboxylic acids is 1. The number of hydrogen-bond acceptors (Lipinski definition) is 3. The molecule has 1 fully saturated rings. The molecule has 2 aliphatic heterocycles. The molecule has 1 amide bonds. The number of amides is 1. The van der Waals surface area contributed by atoms with Crippen LogP contribution in [0.25, 0.3) is 21.9 Å². The number of piperidine rings is 1. The molecule has 0 spiro atoms. The van der Waals surface area contributed by atoms with Crippen LogP contribution in [0, 0.1) is 5.92 Å². The predicted molar refractivity (Wildman–Crippen MR) is 120 cm³/mol. The van der Waals surface area contributed by atoms with E-state index in [0.29, 0.717) is 25.6 Å². The van der Waals surface area contributed by atoms with Crippen LogP contribution in [0.3, 0.4) is 0 Å². The van der Waals surface area contributed by atoms with Gasteiger partial charge in [0.05, 0.1) is 6.54 Å². The minimum atomic E-state index is 0.0670. The number of likely N-dealkylation sites (N-methyl/N-ethyl adjacent to an activating group) is 1. The van der Waals surface area contributed by atoms with Crippen molar-refractivity contribution in [2.45, 2.75) is 18.9 Å². The van der Waals surface area contributed by atoms with E-state index in [-0.39, 0.29) is 17.4 Å². The molecule has 2 bridgehead atoms. The van der Waals surface area contributed by atoms with Crippen LogP contribution in [0.15, 0.2) is 59.4 Å². The van der Waals surface area contributed by atoms with Crippen LogP contribution < -0.4 is 5.56 Å². The van der Waals surface area contributed by atoms with Gasteiger partial charge in [-0.15, -0.1) is 0 Å². The van der Waals surface area contributed by atoms with E-state index in [0.717, 1.165) is 29.8 Å². The Morgan fingerprint density at radius 1 is 1.00 bits per heavy atom. The molecule has 2 atom stereocenters. The lowest BCUT2D eigenvalue weighted by molar-refractivity contribution is -0.134. The number of aromatic nitrogens is 1. The van der Waals surface area contributed by atoms with Crippen molar-refractivity contribution in [3.8, 4) is 11.1 Å². The first kappa shape index (κ1) is 19.1. The highest BCUT2D eigenvalue weighted by molar-refractivity contribution is 5.87. The molecule has 5 heteroatoms. The van der Waals surface area contributed by atoms with E-state index in [1.54, 1.807) is 6.07 Å². The number of hydrogen-bond donors (Lipinski definition) is 0. The number of pyridine rings is 1. The van der Waals surface area contributed by atoms with Crippen LogP contribution in [0.2, 0.25) is 0 Å². The molecule has 30 heavy (non-hydrogen) atoms. The van der Waals surface area contributed by atoms with E-state index in [4.69, 9.17) is 0 Å². The number of fused-ring (bicyclic) bond motifs is 5. The summed E-state index contributed by atoms with van der Waals surface area (Å²) in [5, 5.41) is 2.40. The third kappa shape index (κ3) is 3.33. The van der Waals surface area contributed by atoms with Gasteiger partial charge in [-0.25, -0.2) is 0 Å². The number of nitrogens with zero attached hydrogens (tertiary/aromatic N) is 3. The first-order valence-corrected chi connectivity index (χ1v) is 10.6. The van der Waals surface area contributed by atoms with Crippen molar-refractivity contribution in [2.75, 3.05) is 33.7 Å². The Hall–Kier alpha value is -2.92. The molecule has 3 aromatic rings. The van der Waals surface area contributed by atoms with Gasteiger partial charge in [-0.05, 0) is 54.9 Å². The first-order valence-electron chi connectivity index (χ1n) is 10.6. The van der Waals surface area contributed by atoms with Gasteiger partial charge in [-0.1, -0.05) is 36.4 Å². The highest BCUT2D eigenvalue weighted by Crippen LogP contribution is 2.40. The fourth-order valence-corrected chi connectivity index (χ4v) is 5.19. The number of likely N-dealkylation sites (tertiary alicyclic amines) is 1. The normalized spacial score (nSPS) is 20.4. The van der Waals surface area contributed by atoms with E-state index in [9.17, 15) is 9.59 Å². The van der Waals surface area contributed by atoms with Crippen molar-refractivity contribution >= 4 is 16.7 Å². The topological polar surface area (TPSA) is 45.6 Å². The van der Waals surface area contributed by atoms with Crippen molar-refractivity contribution in [3.05, 3.63) is 70.6 Å². The van der Waals surface area contributed by atoms with Crippen molar-refractivity contribution in [2.24, 2.45) is 5.92 Å². The van der Waals surface area contributed by atoms with Crippen LogP contribution in [0.5, 0.6) is 0 Å². The lowest BCUT2D eigenvalue weighted by atomic mass is 9.80. The summed E-state index contributed by atoms with van der Waals surface area (Å²) in [4.78, 5) is 29.4. The minimum absolute atomic E-state index is 0.0670. The Morgan fingerprint density at radius 3 is 2.60 bits per heavy atom. The molecule has 5 nitrogen and oxygen atoms in total. The van der Waals surface area contributed by atoms with Gasteiger partial charge in [0, 0.05) is 42.9 Å². The zero-order valence-corrected chi connectivity index (χ0v) is 17.5. The quantitative estimate of drug-likeness (QED) is 0.677. The summed E-state index contributed by atoms with van der Waals surface area (Å²) in [6, 6.07) is 18.5. The summed E-state index contributed by atoms with van der Waals surface area (Å²) < 4.78 is 1.97. The fraction of sp³-hybridized carbons (Fsp3) is 0.360. The highest BCUT2D eigenvalue weighted by atomic mass is 16.2. The molecular formula is C25H27N3O2. The second-order valence-corrected chi connectivity index (χ2v) is 8.98. The fourth-order valence-electron chi connectivity index (χ4n) is 5.19. The summed E-state index contributed by atoms with van der Waals surface area (Å²) >= 11 is 0. The molecule has 2 aliphatic rings. The summed E-state index contributed by atoms with van der Waals surface area (Å²) in [5.41, 5.74) is 3.41. The minimum Gasteiger partial charge on any atom is -0.341 e. The number of benzene rings is 2. The summed E-state index contributed by atoms with van der Waals surface area (Å²) in [6.07, 6.45) is 1.04. The van der Waals surface area contributed by atoms with E-state index < -0.39 is 0 Å². The lowest BCUT2D eigenvalue weighted by Gasteiger charge is -2.43. The van der Waals surface area contributed by atoms with Gasteiger partial charge in [0.1, 0.15) is 0 Å². The maximum Gasteiger partial charge on any atom is 0.250 e. The number of rotatable bonds is 3. The molecule has 0 radical (unpaired) electrons. The van der Waals surface area contributed by atoms with Gasteiger partial charge in [-0.3, -0.25) is 9.59 Å². The lowest BCUT2D eigenvalue weighted by Crippen LogP contribution is -2.51. The Labute approximate surface area is 176 Å². The third-order valence-corrected chi connectivity index (χ3v) is 6.45. The molecule has 1 saturated heterocycles. The number of carbonyl (C=O) groups is 1. The Balaban J connectivity index is 1.58. The molecule has 2 unspecified atom stereocenters. The molecule has 1 aromatic heterocycles. The van der Waals surface area contributed by atoms with E-state index in [1.807, 2.05) is 40.6 Å². The zero-order valence-electron chi connectivity index (χ0n) is 17.5. The van der Waals surface area contributed by atoms with Crippen molar-refractivity contribution < 1.29 is 4.79 Å². The van der Waals surface area contributed by atoms with Gasteiger partial charge in [0.25, 0.3) is 5.56 Å². The highest BCUT2D eigenvalue weighted by Gasteiger charge is 2.37. The van der Waals surface area contributed by atoms with E-state index in [2.05, 4.69) is 36.4 Å². The van der Waals surface area contributed by atoms with Crippen molar-refractivity contribution in [1.29, 1.82) is 0 Å². The van der Waals surface area contributed by atoms with Crippen molar-refractivity contribution in [3.63, 3.8) is 0 Å². The summed E-state index contributed by atoms with van der Waals surface area (Å²) in [5.74, 6) is 0.708. The van der Waals surface area contributed by atoms with Gasteiger partial charge >= 0.3 is 0 Å². The molecule has 0 aliphatic carbocycles. The Bertz CT molecular complexity index is 1180. The van der Waals surface area contributed by atoms with Crippen LogP contribution >= 0.6 is 0 Å². The Kier molecular flexibility index (Phi) is 4.70. The second-order valence-electron chi connectivity index (χ2n) is 8.98. The van der Waals surface area contributed by atoms with Gasteiger partial charge < -0.3 is 14.4 Å². The second kappa shape index (κ2) is 7.40. The van der Waals surface area contributed by atoms with E-state index in [1.165, 1.54) is 10.8 Å². The van der Waals surface area contributed by atoms with Gasteiger partial charge in [0.2, 0.25) is 5.91 Å².